The number of halogens is 4. The Labute approximate surface area is 145 Å². The van der Waals surface area contributed by atoms with E-state index >= 15 is 0 Å². The number of nitrogens with one attached hydrogen (secondary N) is 1. The molecule has 0 radical (unpaired) electrons. The van der Waals surface area contributed by atoms with Gasteiger partial charge in [0.1, 0.15) is 5.82 Å². The van der Waals surface area contributed by atoms with Crippen LogP contribution in [-0.4, -0.2) is 37.5 Å². The predicted molar refractivity (Wildman–Crippen MR) is 86.3 cm³/mol. The van der Waals surface area contributed by atoms with Gasteiger partial charge in [-0.3, -0.25) is 9.47 Å². The highest BCUT2D eigenvalue weighted by Gasteiger charge is 2.32. The van der Waals surface area contributed by atoms with E-state index in [4.69, 9.17) is 0 Å². The van der Waals surface area contributed by atoms with Gasteiger partial charge in [-0.2, -0.15) is 13.2 Å². The average Bonchev–Trinajstić information content (AvgIpc) is 3.06. The fourth-order valence-corrected chi connectivity index (χ4v) is 3.21. The van der Waals surface area contributed by atoms with E-state index in [9.17, 15) is 13.2 Å². The number of aromatic nitrogens is 5. The minimum absolute atomic E-state index is 0.177. The quantitative estimate of drug-likeness (QED) is 0.737. The second-order valence-corrected chi connectivity index (χ2v) is 6.56. The molecule has 0 aliphatic carbocycles. The van der Waals surface area contributed by atoms with Crippen molar-refractivity contribution in [3.63, 3.8) is 0 Å². The van der Waals surface area contributed by atoms with Crippen LogP contribution < -0.4 is 4.90 Å². The number of unbranched alkanes of at least 4 members (excludes halogenated alkanes) is 2. The number of imidazole rings is 1. The second-order valence-electron chi connectivity index (χ2n) is 5.81. The van der Waals surface area contributed by atoms with Crippen LogP contribution in [0.4, 0.5) is 24.9 Å². The molecule has 1 N–H and O–H groups in total. The summed E-state index contributed by atoms with van der Waals surface area (Å²) in [6.07, 6.45) is -2.19. The first-order valence-electron chi connectivity index (χ1n) is 7.90. The molecule has 0 bridgehead atoms. The van der Waals surface area contributed by atoms with E-state index in [1.807, 2.05) is 4.90 Å². The van der Waals surface area contributed by atoms with E-state index in [1.165, 1.54) is 0 Å². The van der Waals surface area contributed by atoms with Gasteiger partial charge in [0, 0.05) is 13.0 Å². The molecule has 6 nitrogen and oxygen atoms in total. The van der Waals surface area contributed by atoms with E-state index in [-0.39, 0.29) is 6.42 Å². The Morgan fingerprint density at radius 1 is 1.25 bits per heavy atom. The Bertz CT molecular complexity index is 708. The van der Waals surface area contributed by atoms with Crippen LogP contribution in [0.1, 0.15) is 44.1 Å². The second kappa shape index (κ2) is 6.73. The fraction of sp³-hybridized carbons (Fsp3) is 0.643. The number of aromatic amines is 1. The number of H-pyrrole nitrogens is 1. The average molecular weight is 407 g/mol. The molecular formula is C14H18BrF3N6. The zero-order chi connectivity index (χ0) is 17.3. The van der Waals surface area contributed by atoms with Gasteiger partial charge in [-0.05, 0) is 22.4 Å². The maximum absolute atomic E-state index is 12.5. The molecule has 0 unspecified atom stereocenters. The molecule has 2 aromatic heterocycles. The molecule has 10 heteroatoms. The third-order valence-corrected chi connectivity index (χ3v) is 4.34. The Kier molecular flexibility index (Phi) is 4.84. The molecular weight excluding hydrogens is 389 g/mol. The van der Waals surface area contributed by atoms with Crippen LogP contribution in [0.2, 0.25) is 0 Å². The van der Waals surface area contributed by atoms with Crippen LogP contribution >= 0.6 is 15.9 Å². The molecule has 0 atom stereocenters. The zero-order valence-corrected chi connectivity index (χ0v) is 14.8. The maximum atomic E-state index is 12.5. The Balaban J connectivity index is 1.87. The monoisotopic (exact) mass is 406 g/mol. The number of fused-ring (bicyclic) bond motifs is 2. The SMILES string of the molecule is CCCCCN1c2nc(Br)[nH]c2Cn2c(CCC(F)(F)F)nnc21. The van der Waals surface area contributed by atoms with Crippen molar-refractivity contribution in [3.05, 3.63) is 16.3 Å². The molecule has 1 aliphatic heterocycles. The highest BCUT2D eigenvalue weighted by molar-refractivity contribution is 9.10. The molecule has 1 aliphatic rings. The molecule has 0 saturated heterocycles. The van der Waals surface area contributed by atoms with Gasteiger partial charge in [-0.1, -0.05) is 19.8 Å². The van der Waals surface area contributed by atoms with Crippen molar-refractivity contribution in [2.75, 3.05) is 11.4 Å². The third kappa shape index (κ3) is 3.57. The Hall–Kier alpha value is -1.58. The largest absolute Gasteiger partial charge is 0.389 e. The number of anilines is 2. The smallest absolute Gasteiger partial charge is 0.333 e. The molecule has 2 aromatic rings. The van der Waals surface area contributed by atoms with Crippen LogP contribution in [0.5, 0.6) is 0 Å². The number of hydrogen-bond acceptors (Lipinski definition) is 4. The molecule has 132 valence electrons. The van der Waals surface area contributed by atoms with Crippen LogP contribution in [-0.2, 0) is 13.0 Å². The molecule has 24 heavy (non-hydrogen) atoms. The Morgan fingerprint density at radius 2 is 2.04 bits per heavy atom. The summed E-state index contributed by atoms with van der Waals surface area (Å²) >= 11 is 3.32. The molecule has 3 rings (SSSR count). The molecule has 0 amide bonds. The van der Waals surface area contributed by atoms with Crippen molar-refractivity contribution in [2.24, 2.45) is 0 Å². The molecule has 0 spiro atoms. The van der Waals surface area contributed by atoms with Gasteiger partial charge in [0.2, 0.25) is 5.95 Å². The fourth-order valence-electron chi connectivity index (χ4n) is 2.81. The highest BCUT2D eigenvalue weighted by atomic mass is 79.9. The van der Waals surface area contributed by atoms with E-state index in [0.29, 0.717) is 29.6 Å². The molecule has 3 heterocycles. The van der Waals surface area contributed by atoms with E-state index in [1.54, 1.807) is 4.57 Å². The first-order chi connectivity index (χ1) is 11.4. The topological polar surface area (TPSA) is 62.6 Å². The summed E-state index contributed by atoms with van der Waals surface area (Å²) in [7, 11) is 0. The van der Waals surface area contributed by atoms with Crippen molar-refractivity contribution >= 4 is 27.7 Å². The summed E-state index contributed by atoms with van der Waals surface area (Å²) in [5.74, 6) is 1.68. The van der Waals surface area contributed by atoms with E-state index in [2.05, 4.69) is 43.0 Å². The highest BCUT2D eigenvalue weighted by Crippen LogP contribution is 2.34. The summed E-state index contributed by atoms with van der Waals surface area (Å²) in [4.78, 5) is 9.47. The van der Waals surface area contributed by atoms with Crippen molar-refractivity contribution in [1.82, 2.24) is 24.7 Å². The molecule has 0 saturated carbocycles. The van der Waals surface area contributed by atoms with Crippen LogP contribution in [0.15, 0.2) is 4.73 Å². The summed E-state index contributed by atoms with van der Waals surface area (Å²) in [6.45, 7) is 3.22. The van der Waals surface area contributed by atoms with E-state index in [0.717, 1.165) is 30.8 Å². The lowest BCUT2D eigenvalue weighted by Crippen LogP contribution is -2.29. The van der Waals surface area contributed by atoms with Gasteiger partial charge in [0.05, 0.1) is 18.7 Å². The Morgan fingerprint density at radius 3 is 2.75 bits per heavy atom. The minimum Gasteiger partial charge on any atom is -0.333 e. The van der Waals surface area contributed by atoms with Crippen LogP contribution in [0.3, 0.4) is 0 Å². The minimum atomic E-state index is -4.20. The summed E-state index contributed by atoms with van der Waals surface area (Å²) in [5, 5.41) is 8.11. The summed E-state index contributed by atoms with van der Waals surface area (Å²) in [6, 6.07) is 0. The summed E-state index contributed by atoms with van der Waals surface area (Å²) in [5.41, 5.74) is 0.846. The van der Waals surface area contributed by atoms with Crippen LogP contribution in [0.25, 0.3) is 0 Å². The normalized spacial score (nSPS) is 14.0. The lowest BCUT2D eigenvalue weighted by atomic mass is 10.2. The predicted octanol–water partition coefficient (Wildman–Crippen LogP) is 3.95. The third-order valence-electron chi connectivity index (χ3n) is 3.97. The molecule has 0 fully saturated rings. The standard InChI is InChI=1S/C14H18BrF3N6/c1-2-3-4-7-23-11-9(19-12(15)20-11)8-24-10(21-22-13(23)24)5-6-14(16,17)18/h2-8H2,1H3,(H,19,20). The summed E-state index contributed by atoms with van der Waals surface area (Å²) < 4.78 is 39.9. The van der Waals surface area contributed by atoms with Gasteiger partial charge in [0.15, 0.2) is 10.6 Å². The number of nitrogens with zero attached hydrogens (tertiary/aromatic N) is 5. The van der Waals surface area contributed by atoms with Crippen molar-refractivity contribution in [3.8, 4) is 0 Å². The first kappa shape index (κ1) is 17.2. The number of rotatable bonds is 6. The molecule has 0 aromatic carbocycles. The van der Waals surface area contributed by atoms with Crippen molar-refractivity contribution in [2.45, 2.75) is 51.7 Å². The van der Waals surface area contributed by atoms with Gasteiger partial charge >= 0.3 is 6.18 Å². The van der Waals surface area contributed by atoms with Gasteiger partial charge in [-0.25, -0.2) is 4.98 Å². The van der Waals surface area contributed by atoms with Gasteiger partial charge in [0.25, 0.3) is 0 Å². The van der Waals surface area contributed by atoms with Crippen molar-refractivity contribution < 1.29 is 13.2 Å². The van der Waals surface area contributed by atoms with Gasteiger partial charge < -0.3 is 4.98 Å². The van der Waals surface area contributed by atoms with E-state index < -0.39 is 12.6 Å². The first-order valence-corrected chi connectivity index (χ1v) is 8.69. The number of aryl methyl sites for hydroxylation is 1. The number of alkyl halides is 3. The van der Waals surface area contributed by atoms with Crippen molar-refractivity contribution in [1.29, 1.82) is 0 Å². The zero-order valence-electron chi connectivity index (χ0n) is 13.2. The number of hydrogen-bond donors (Lipinski definition) is 1. The lowest BCUT2D eigenvalue weighted by Gasteiger charge is -2.27. The maximum Gasteiger partial charge on any atom is 0.389 e. The van der Waals surface area contributed by atoms with Gasteiger partial charge in [-0.15, -0.1) is 10.2 Å². The van der Waals surface area contributed by atoms with Crippen LogP contribution in [0, 0.1) is 0 Å². The lowest BCUT2D eigenvalue weighted by molar-refractivity contribution is -0.134.